The monoisotopic (exact) mass is 265 g/mol. The van der Waals surface area contributed by atoms with Crippen LogP contribution in [0.4, 0.5) is 5.13 Å². The van der Waals surface area contributed by atoms with Crippen LogP contribution in [-0.2, 0) is 4.79 Å². The number of rotatable bonds is 5. The molecule has 0 aliphatic carbocycles. The van der Waals surface area contributed by atoms with Crippen LogP contribution in [0.1, 0.15) is 19.8 Å². The van der Waals surface area contributed by atoms with E-state index in [0.717, 1.165) is 6.42 Å². The molecule has 0 bridgehead atoms. The van der Waals surface area contributed by atoms with Crippen molar-refractivity contribution in [2.24, 2.45) is 5.73 Å². The fourth-order valence-corrected chi connectivity index (χ4v) is 2.21. The highest BCUT2D eigenvalue weighted by Crippen LogP contribution is 2.25. The number of furan rings is 1. The number of hydrogen-bond donors (Lipinski definition) is 2. The highest BCUT2D eigenvalue weighted by atomic mass is 32.1. The number of amides is 1. The molecule has 0 aliphatic rings. The summed E-state index contributed by atoms with van der Waals surface area (Å²) in [6.45, 7) is 1.99. The fraction of sp³-hybridized carbons (Fsp3) is 0.333. The molecule has 3 N–H and O–H groups in total. The van der Waals surface area contributed by atoms with Gasteiger partial charge in [-0.1, -0.05) is 13.3 Å². The topological polar surface area (TPSA) is 81.2 Å². The molecule has 0 saturated carbocycles. The van der Waals surface area contributed by atoms with Gasteiger partial charge >= 0.3 is 0 Å². The maximum Gasteiger partial charge on any atom is 0.243 e. The van der Waals surface area contributed by atoms with Gasteiger partial charge in [-0.05, 0) is 18.6 Å². The molecule has 5 nitrogen and oxygen atoms in total. The second-order valence-corrected chi connectivity index (χ2v) is 4.76. The Kier molecular flexibility index (Phi) is 4.11. The zero-order valence-corrected chi connectivity index (χ0v) is 10.9. The molecule has 1 unspecified atom stereocenters. The van der Waals surface area contributed by atoms with Gasteiger partial charge in [-0.25, -0.2) is 4.98 Å². The van der Waals surface area contributed by atoms with E-state index >= 15 is 0 Å². The van der Waals surface area contributed by atoms with Crippen molar-refractivity contribution < 1.29 is 9.21 Å². The number of anilines is 1. The molecular formula is C12H15N3O2S. The van der Waals surface area contributed by atoms with Gasteiger partial charge in [-0.15, -0.1) is 11.3 Å². The SMILES string of the molecule is CCCC(N)C(=O)Nc1nc(-c2ccco2)cs1. The van der Waals surface area contributed by atoms with Crippen LogP contribution in [0.25, 0.3) is 11.5 Å². The lowest BCUT2D eigenvalue weighted by molar-refractivity contribution is -0.117. The van der Waals surface area contributed by atoms with E-state index in [1.54, 1.807) is 12.3 Å². The number of nitrogens with two attached hydrogens (primary N) is 1. The third-order valence-corrected chi connectivity index (χ3v) is 3.20. The van der Waals surface area contributed by atoms with Crippen LogP contribution in [-0.4, -0.2) is 16.9 Å². The van der Waals surface area contributed by atoms with Gasteiger partial charge in [0.15, 0.2) is 10.9 Å². The van der Waals surface area contributed by atoms with Crippen LogP contribution in [0.5, 0.6) is 0 Å². The van der Waals surface area contributed by atoms with Crippen molar-refractivity contribution in [3.63, 3.8) is 0 Å². The van der Waals surface area contributed by atoms with Gasteiger partial charge < -0.3 is 15.5 Å². The van der Waals surface area contributed by atoms with Crippen LogP contribution in [0.2, 0.25) is 0 Å². The van der Waals surface area contributed by atoms with E-state index in [1.807, 2.05) is 18.4 Å². The largest absolute Gasteiger partial charge is 0.463 e. The maximum absolute atomic E-state index is 11.7. The van der Waals surface area contributed by atoms with E-state index in [9.17, 15) is 4.79 Å². The van der Waals surface area contributed by atoms with E-state index in [2.05, 4.69) is 10.3 Å². The second-order valence-electron chi connectivity index (χ2n) is 3.90. The Morgan fingerprint density at radius 3 is 3.17 bits per heavy atom. The summed E-state index contributed by atoms with van der Waals surface area (Å²) in [7, 11) is 0. The molecule has 1 atom stereocenters. The quantitative estimate of drug-likeness (QED) is 0.870. The lowest BCUT2D eigenvalue weighted by Crippen LogP contribution is -2.35. The predicted molar refractivity (Wildman–Crippen MR) is 71.3 cm³/mol. The molecule has 2 aromatic rings. The van der Waals surface area contributed by atoms with E-state index in [0.29, 0.717) is 23.0 Å². The van der Waals surface area contributed by atoms with Crippen molar-refractivity contribution in [3.05, 3.63) is 23.8 Å². The molecule has 6 heteroatoms. The Balaban J connectivity index is 2.01. The molecule has 0 saturated heterocycles. The number of thiazole rings is 1. The Hall–Kier alpha value is -1.66. The lowest BCUT2D eigenvalue weighted by atomic mass is 10.2. The smallest absolute Gasteiger partial charge is 0.243 e. The highest BCUT2D eigenvalue weighted by molar-refractivity contribution is 7.14. The van der Waals surface area contributed by atoms with Gasteiger partial charge in [0.2, 0.25) is 5.91 Å². The Bertz CT molecular complexity index is 507. The van der Waals surface area contributed by atoms with Crippen molar-refractivity contribution in [2.45, 2.75) is 25.8 Å². The average Bonchev–Trinajstić information content (AvgIpc) is 2.98. The predicted octanol–water partition coefficient (Wildman–Crippen LogP) is 2.47. The highest BCUT2D eigenvalue weighted by Gasteiger charge is 2.14. The molecular weight excluding hydrogens is 250 g/mol. The van der Waals surface area contributed by atoms with E-state index in [-0.39, 0.29) is 5.91 Å². The van der Waals surface area contributed by atoms with Crippen molar-refractivity contribution in [1.29, 1.82) is 0 Å². The molecule has 2 heterocycles. The second kappa shape index (κ2) is 5.79. The van der Waals surface area contributed by atoms with Crippen molar-refractivity contribution in [1.82, 2.24) is 4.98 Å². The third kappa shape index (κ3) is 2.96. The molecule has 0 spiro atoms. The summed E-state index contributed by atoms with van der Waals surface area (Å²) in [5.74, 6) is 0.488. The van der Waals surface area contributed by atoms with Gasteiger partial charge in [0.25, 0.3) is 0 Å². The molecule has 96 valence electrons. The molecule has 0 aromatic carbocycles. The first-order valence-electron chi connectivity index (χ1n) is 5.76. The number of aromatic nitrogens is 1. The van der Waals surface area contributed by atoms with Crippen molar-refractivity contribution >= 4 is 22.4 Å². The Morgan fingerprint density at radius 2 is 2.50 bits per heavy atom. The summed E-state index contributed by atoms with van der Waals surface area (Å²) >= 11 is 1.35. The molecule has 18 heavy (non-hydrogen) atoms. The zero-order chi connectivity index (χ0) is 13.0. The van der Waals surface area contributed by atoms with Gasteiger partial charge in [-0.3, -0.25) is 4.79 Å². The fourth-order valence-electron chi connectivity index (χ4n) is 1.51. The number of nitrogens with one attached hydrogen (secondary N) is 1. The van der Waals surface area contributed by atoms with E-state index in [4.69, 9.17) is 10.2 Å². The van der Waals surface area contributed by atoms with Crippen LogP contribution in [0, 0.1) is 0 Å². The normalized spacial score (nSPS) is 12.3. The van der Waals surface area contributed by atoms with Crippen LogP contribution < -0.4 is 11.1 Å². The summed E-state index contributed by atoms with van der Waals surface area (Å²) in [6, 6.07) is 3.14. The standard InChI is InChI=1S/C12H15N3O2S/c1-2-4-8(13)11(16)15-12-14-9(7-18-12)10-5-3-6-17-10/h3,5-8H,2,4,13H2,1H3,(H,14,15,16). The first-order valence-corrected chi connectivity index (χ1v) is 6.64. The molecule has 0 aliphatic heterocycles. The number of carbonyl (C=O) groups excluding carboxylic acids is 1. The Morgan fingerprint density at radius 1 is 1.67 bits per heavy atom. The lowest BCUT2D eigenvalue weighted by Gasteiger charge is -2.08. The van der Waals surface area contributed by atoms with E-state index in [1.165, 1.54) is 11.3 Å². The van der Waals surface area contributed by atoms with E-state index < -0.39 is 6.04 Å². The first-order chi connectivity index (χ1) is 8.70. The molecule has 2 aromatic heterocycles. The van der Waals surface area contributed by atoms with Crippen LogP contribution >= 0.6 is 11.3 Å². The summed E-state index contributed by atoms with van der Waals surface area (Å²) in [6.07, 6.45) is 3.14. The summed E-state index contributed by atoms with van der Waals surface area (Å²) in [5.41, 5.74) is 6.44. The van der Waals surface area contributed by atoms with Gasteiger partial charge in [-0.2, -0.15) is 0 Å². The average molecular weight is 265 g/mol. The van der Waals surface area contributed by atoms with Crippen molar-refractivity contribution in [3.8, 4) is 11.5 Å². The zero-order valence-electron chi connectivity index (χ0n) is 10.1. The summed E-state index contributed by atoms with van der Waals surface area (Å²) in [5, 5.41) is 5.08. The number of carbonyl (C=O) groups is 1. The summed E-state index contributed by atoms with van der Waals surface area (Å²) in [4.78, 5) is 16.0. The minimum atomic E-state index is -0.481. The minimum Gasteiger partial charge on any atom is -0.463 e. The van der Waals surface area contributed by atoms with Gasteiger partial charge in [0, 0.05) is 5.38 Å². The van der Waals surface area contributed by atoms with Crippen LogP contribution in [0.3, 0.4) is 0 Å². The Labute approximate surface area is 109 Å². The maximum atomic E-state index is 11.7. The number of hydrogen-bond acceptors (Lipinski definition) is 5. The van der Waals surface area contributed by atoms with Gasteiger partial charge in [0.05, 0.1) is 12.3 Å². The van der Waals surface area contributed by atoms with Gasteiger partial charge in [0.1, 0.15) is 5.69 Å². The third-order valence-electron chi connectivity index (χ3n) is 2.44. The molecule has 1 amide bonds. The van der Waals surface area contributed by atoms with Crippen LogP contribution in [0.15, 0.2) is 28.2 Å². The minimum absolute atomic E-state index is 0.197. The van der Waals surface area contributed by atoms with Crippen molar-refractivity contribution in [2.75, 3.05) is 5.32 Å². The number of nitrogens with zero attached hydrogens (tertiary/aromatic N) is 1. The first kappa shape index (κ1) is 12.8. The molecule has 0 fully saturated rings. The molecule has 0 radical (unpaired) electrons. The summed E-state index contributed by atoms with van der Waals surface area (Å²) < 4.78 is 5.23. The molecule has 2 rings (SSSR count).